The van der Waals surface area contributed by atoms with Crippen LogP contribution in [-0.2, 0) is 16.1 Å². The first-order valence-corrected chi connectivity index (χ1v) is 6.99. The summed E-state index contributed by atoms with van der Waals surface area (Å²) in [5.74, 6) is -6.71. The summed E-state index contributed by atoms with van der Waals surface area (Å²) in [4.78, 5) is 22.5. The van der Waals surface area contributed by atoms with Gasteiger partial charge < -0.3 is 20.9 Å². The van der Waals surface area contributed by atoms with E-state index in [1.807, 2.05) is 0 Å². The number of halogens is 2. The minimum absolute atomic E-state index is 0.0558. The van der Waals surface area contributed by atoms with E-state index in [4.69, 9.17) is 4.74 Å². The lowest BCUT2D eigenvalue weighted by Gasteiger charge is -2.30. The van der Waals surface area contributed by atoms with Crippen molar-refractivity contribution in [3.8, 4) is 0 Å². The maximum atomic E-state index is 13.5. The van der Waals surface area contributed by atoms with Crippen LogP contribution in [0.1, 0.15) is 19.4 Å². The van der Waals surface area contributed by atoms with Crippen molar-refractivity contribution in [2.75, 3.05) is 0 Å². The second kappa shape index (κ2) is 7.87. The van der Waals surface area contributed by atoms with Gasteiger partial charge in [0.05, 0.1) is 6.04 Å². The highest BCUT2D eigenvalue weighted by atomic mass is 19.3. The third kappa shape index (κ3) is 5.17. The number of primary amides is 1. The topological polar surface area (TPSA) is 102 Å². The number of alkyl carbamates (subject to hydrolysis) is 1. The number of amides is 2. The van der Waals surface area contributed by atoms with Gasteiger partial charge in [-0.25, -0.2) is 4.79 Å². The van der Waals surface area contributed by atoms with E-state index >= 15 is 0 Å². The number of hydrogen-bond donors (Lipinski definition) is 3. The van der Waals surface area contributed by atoms with E-state index in [-0.39, 0.29) is 6.61 Å². The average molecular weight is 330 g/mol. The molecule has 0 saturated heterocycles. The molecule has 0 spiro atoms. The summed E-state index contributed by atoms with van der Waals surface area (Å²) in [6, 6.07) is 7.35. The number of carbonyl (C=O) groups excluding carboxylic acids is 2. The van der Waals surface area contributed by atoms with E-state index in [1.165, 1.54) is 13.8 Å². The van der Waals surface area contributed by atoms with Crippen LogP contribution in [0.3, 0.4) is 0 Å². The van der Waals surface area contributed by atoms with Crippen LogP contribution in [0.4, 0.5) is 13.6 Å². The van der Waals surface area contributed by atoms with E-state index in [0.717, 1.165) is 0 Å². The van der Waals surface area contributed by atoms with Crippen LogP contribution in [0.15, 0.2) is 30.3 Å². The molecule has 4 N–H and O–H groups in total. The Kier molecular flexibility index (Phi) is 6.44. The number of aliphatic hydroxyl groups is 1. The Morgan fingerprint density at radius 2 is 1.87 bits per heavy atom. The zero-order chi connectivity index (χ0) is 17.6. The van der Waals surface area contributed by atoms with Crippen molar-refractivity contribution in [1.82, 2.24) is 5.32 Å². The average Bonchev–Trinajstić information content (AvgIpc) is 2.50. The number of rotatable bonds is 7. The standard InChI is InChI=1S/C15H20F2N2O4/c1-9(2)11(12(20)15(16,17)13(18)21)19-14(22)23-8-10-6-4-3-5-7-10/h3-7,9,11-12,20H,8H2,1-2H3,(H2,18,21)(H,19,22)/t11-,12+/m0/s1. The molecular weight excluding hydrogens is 310 g/mol. The third-order valence-electron chi connectivity index (χ3n) is 3.26. The lowest BCUT2D eigenvalue weighted by molar-refractivity contribution is -0.164. The molecule has 0 aliphatic carbocycles. The number of hydrogen-bond acceptors (Lipinski definition) is 4. The predicted molar refractivity (Wildman–Crippen MR) is 78.5 cm³/mol. The Bertz CT molecular complexity index is 538. The number of ether oxygens (including phenoxy) is 1. The van der Waals surface area contributed by atoms with Crippen molar-refractivity contribution < 1.29 is 28.2 Å². The molecule has 0 heterocycles. The molecule has 0 fully saturated rings. The summed E-state index contributed by atoms with van der Waals surface area (Å²) >= 11 is 0. The van der Waals surface area contributed by atoms with Crippen molar-refractivity contribution in [1.29, 1.82) is 0 Å². The summed E-state index contributed by atoms with van der Waals surface area (Å²) in [6.45, 7) is 2.95. The van der Waals surface area contributed by atoms with Crippen molar-refractivity contribution in [3.05, 3.63) is 35.9 Å². The van der Waals surface area contributed by atoms with E-state index < -0.39 is 36.0 Å². The molecule has 1 aromatic rings. The first kappa shape index (κ1) is 18.8. The first-order valence-electron chi connectivity index (χ1n) is 6.99. The highest BCUT2D eigenvalue weighted by molar-refractivity contribution is 5.82. The fourth-order valence-corrected chi connectivity index (χ4v) is 1.88. The molecule has 0 bridgehead atoms. The maximum absolute atomic E-state index is 13.5. The van der Waals surface area contributed by atoms with Crippen LogP contribution in [0.25, 0.3) is 0 Å². The van der Waals surface area contributed by atoms with Gasteiger partial charge in [0.15, 0.2) is 0 Å². The second-order valence-electron chi connectivity index (χ2n) is 5.41. The predicted octanol–water partition coefficient (Wildman–Crippen LogP) is 1.42. The molecule has 0 saturated carbocycles. The zero-order valence-corrected chi connectivity index (χ0v) is 12.8. The Morgan fingerprint density at radius 1 is 1.30 bits per heavy atom. The molecule has 23 heavy (non-hydrogen) atoms. The zero-order valence-electron chi connectivity index (χ0n) is 12.8. The number of carbonyl (C=O) groups is 2. The van der Waals surface area contributed by atoms with E-state index in [1.54, 1.807) is 30.3 Å². The third-order valence-corrected chi connectivity index (χ3v) is 3.26. The molecule has 1 rings (SSSR count). The largest absolute Gasteiger partial charge is 0.445 e. The molecular formula is C15H20F2N2O4. The summed E-state index contributed by atoms with van der Waals surface area (Å²) in [6.07, 6.45) is -3.43. The van der Waals surface area contributed by atoms with Gasteiger partial charge in [-0.2, -0.15) is 8.78 Å². The smallest absolute Gasteiger partial charge is 0.407 e. The maximum Gasteiger partial charge on any atom is 0.407 e. The highest BCUT2D eigenvalue weighted by Gasteiger charge is 2.50. The van der Waals surface area contributed by atoms with Crippen molar-refractivity contribution >= 4 is 12.0 Å². The number of nitrogens with one attached hydrogen (secondary N) is 1. The van der Waals surface area contributed by atoms with Crippen molar-refractivity contribution in [2.45, 2.75) is 38.5 Å². The Morgan fingerprint density at radius 3 is 2.35 bits per heavy atom. The van der Waals surface area contributed by atoms with Crippen molar-refractivity contribution in [3.63, 3.8) is 0 Å². The van der Waals surface area contributed by atoms with E-state index in [0.29, 0.717) is 5.56 Å². The van der Waals surface area contributed by atoms with Crippen LogP contribution >= 0.6 is 0 Å². The Hall–Kier alpha value is -2.22. The minimum atomic E-state index is -4.17. The van der Waals surface area contributed by atoms with Crippen LogP contribution in [0.2, 0.25) is 0 Å². The van der Waals surface area contributed by atoms with Gasteiger partial charge in [0.25, 0.3) is 5.91 Å². The molecule has 0 aliphatic heterocycles. The Labute approximate surface area is 132 Å². The molecule has 0 aliphatic rings. The van der Waals surface area contributed by atoms with Crippen LogP contribution in [0.5, 0.6) is 0 Å². The molecule has 2 atom stereocenters. The van der Waals surface area contributed by atoms with Gasteiger partial charge >= 0.3 is 12.0 Å². The molecule has 2 amide bonds. The lowest BCUT2D eigenvalue weighted by atomic mass is 9.94. The summed E-state index contributed by atoms with van der Waals surface area (Å²) in [7, 11) is 0. The fraction of sp³-hybridized carbons (Fsp3) is 0.467. The minimum Gasteiger partial charge on any atom is -0.445 e. The highest BCUT2D eigenvalue weighted by Crippen LogP contribution is 2.24. The summed E-state index contributed by atoms with van der Waals surface area (Å²) in [5, 5.41) is 11.8. The molecule has 8 heteroatoms. The second-order valence-corrected chi connectivity index (χ2v) is 5.41. The molecule has 0 unspecified atom stereocenters. The quantitative estimate of drug-likeness (QED) is 0.703. The number of nitrogens with two attached hydrogens (primary N) is 1. The first-order chi connectivity index (χ1) is 10.7. The molecule has 0 radical (unpaired) electrons. The van der Waals surface area contributed by atoms with Gasteiger partial charge in [0.1, 0.15) is 12.7 Å². The number of benzene rings is 1. The van der Waals surface area contributed by atoms with Crippen LogP contribution in [-0.4, -0.2) is 35.2 Å². The molecule has 1 aromatic carbocycles. The SMILES string of the molecule is CC(C)[C@H](NC(=O)OCc1ccccc1)[C@@H](O)C(F)(F)C(N)=O. The summed E-state index contributed by atoms with van der Waals surface area (Å²) < 4.78 is 32.0. The number of alkyl halides is 2. The fourth-order valence-electron chi connectivity index (χ4n) is 1.88. The van der Waals surface area contributed by atoms with E-state index in [9.17, 15) is 23.5 Å². The Balaban J connectivity index is 2.68. The van der Waals surface area contributed by atoms with E-state index in [2.05, 4.69) is 11.1 Å². The van der Waals surface area contributed by atoms with Crippen LogP contribution in [0, 0.1) is 5.92 Å². The number of aliphatic hydroxyl groups excluding tert-OH is 1. The normalized spacial score (nSPS) is 14.2. The van der Waals surface area contributed by atoms with Gasteiger partial charge in [-0.05, 0) is 11.5 Å². The van der Waals surface area contributed by atoms with Gasteiger partial charge in [0.2, 0.25) is 0 Å². The molecule has 6 nitrogen and oxygen atoms in total. The molecule has 0 aromatic heterocycles. The van der Waals surface area contributed by atoms with Gasteiger partial charge in [-0.15, -0.1) is 0 Å². The van der Waals surface area contributed by atoms with Gasteiger partial charge in [-0.1, -0.05) is 44.2 Å². The van der Waals surface area contributed by atoms with Crippen LogP contribution < -0.4 is 11.1 Å². The van der Waals surface area contributed by atoms with Gasteiger partial charge in [-0.3, -0.25) is 4.79 Å². The van der Waals surface area contributed by atoms with Gasteiger partial charge in [0, 0.05) is 0 Å². The molecule has 128 valence electrons. The lowest BCUT2D eigenvalue weighted by Crippen LogP contribution is -2.58. The summed E-state index contributed by atoms with van der Waals surface area (Å²) in [5.41, 5.74) is 5.30. The van der Waals surface area contributed by atoms with Crippen molar-refractivity contribution in [2.24, 2.45) is 11.7 Å². The monoisotopic (exact) mass is 330 g/mol.